The Balaban J connectivity index is 1.52. The smallest absolute Gasteiger partial charge is 0.274 e. The second-order valence-electron chi connectivity index (χ2n) is 7.35. The Morgan fingerprint density at radius 1 is 1.33 bits per heavy atom. The molecule has 3 aromatic heterocycles. The number of thiophene rings is 1. The van der Waals surface area contributed by atoms with Crippen LogP contribution in [-0.2, 0) is 4.79 Å². The van der Waals surface area contributed by atoms with Gasteiger partial charge in [-0.1, -0.05) is 0 Å². The summed E-state index contributed by atoms with van der Waals surface area (Å²) in [6.45, 7) is 5.03. The maximum absolute atomic E-state index is 13.5. The van der Waals surface area contributed by atoms with Crippen LogP contribution in [0.25, 0.3) is 10.2 Å². The number of carbonyl (C=O) groups is 2. The second kappa shape index (κ2) is 8.31. The molecule has 10 heteroatoms. The van der Waals surface area contributed by atoms with Gasteiger partial charge >= 0.3 is 0 Å². The first-order valence-electron chi connectivity index (χ1n) is 9.56. The van der Waals surface area contributed by atoms with Gasteiger partial charge < -0.3 is 15.5 Å². The Hall–Kier alpha value is -3.14. The number of hydrogen-bond donors (Lipinski definition) is 2. The molecule has 4 heterocycles. The fourth-order valence-corrected chi connectivity index (χ4v) is 4.13. The zero-order chi connectivity index (χ0) is 21.3. The van der Waals surface area contributed by atoms with Crippen LogP contribution in [0.5, 0.6) is 0 Å². The number of halogens is 1. The van der Waals surface area contributed by atoms with E-state index in [0.717, 1.165) is 10.9 Å². The topological polar surface area (TPSA) is 100 Å². The summed E-state index contributed by atoms with van der Waals surface area (Å²) < 4.78 is 14.2. The van der Waals surface area contributed by atoms with Crippen molar-refractivity contribution in [1.82, 2.24) is 25.2 Å². The van der Waals surface area contributed by atoms with Gasteiger partial charge in [-0.2, -0.15) is 0 Å². The Morgan fingerprint density at radius 2 is 2.13 bits per heavy atom. The molecular formula is C20H21FN6O2S. The van der Waals surface area contributed by atoms with Gasteiger partial charge in [-0.25, -0.2) is 14.4 Å². The fraction of sp³-hybridized carbons (Fsp3) is 0.350. The van der Waals surface area contributed by atoms with E-state index in [1.807, 2.05) is 18.4 Å². The zero-order valence-electron chi connectivity index (χ0n) is 16.6. The predicted molar refractivity (Wildman–Crippen MR) is 112 cm³/mol. The van der Waals surface area contributed by atoms with Crippen LogP contribution in [-0.4, -0.2) is 51.3 Å². The van der Waals surface area contributed by atoms with Crippen molar-refractivity contribution in [2.24, 2.45) is 5.92 Å². The van der Waals surface area contributed by atoms with Gasteiger partial charge in [0.1, 0.15) is 5.82 Å². The molecule has 1 fully saturated rings. The lowest BCUT2D eigenvalue weighted by molar-refractivity contribution is -0.119. The fourth-order valence-electron chi connectivity index (χ4n) is 3.32. The number of likely N-dealkylation sites (tertiary alicyclic amines) is 1. The molecular weight excluding hydrogens is 407 g/mol. The molecule has 1 aliphatic heterocycles. The van der Waals surface area contributed by atoms with E-state index < -0.39 is 5.82 Å². The molecule has 2 N–H and O–H groups in total. The molecule has 0 aromatic carbocycles. The first-order valence-corrected chi connectivity index (χ1v) is 10.4. The van der Waals surface area contributed by atoms with E-state index in [1.165, 1.54) is 24.3 Å². The van der Waals surface area contributed by atoms with Gasteiger partial charge in [-0.3, -0.25) is 14.6 Å². The van der Waals surface area contributed by atoms with Gasteiger partial charge in [-0.05, 0) is 30.0 Å². The van der Waals surface area contributed by atoms with Crippen LogP contribution in [0.3, 0.4) is 0 Å². The number of rotatable bonds is 6. The van der Waals surface area contributed by atoms with Crippen LogP contribution in [0.1, 0.15) is 35.9 Å². The largest absolute Gasteiger partial charge is 0.356 e. The quantitative estimate of drug-likeness (QED) is 0.626. The zero-order valence-corrected chi connectivity index (χ0v) is 17.4. The van der Waals surface area contributed by atoms with Gasteiger partial charge in [0.25, 0.3) is 5.91 Å². The third-order valence-electron chi connectivity index (χ3n) is 4.96. The first kappa shape index (κ1) is 20.1. The SMILES string of the molecule is CC(=O)NCC1CN(C(=O)c2nc(NC(C)c3cncc(F)c3)nc3ccsc23)C1. The van der Waals surface area contributed by atoms with E-state index in [-0.39, 0.29) is 23.8 Å². The molecule has 1 saturated heterocycles. The summed E-state index contributed by atoms with van der Waals surface area (Å²) in [5.41, 5.74) is 1.68. The monoisotopic (exact) mass is 428 g/mol. The van der Waals surface area contributed by atoms with Crippen LogP contribution in [0.15, 0.2) is 29.9 Å². The number of aromatic nitrogens is 3. The molecule has 1 atom stereocenters. The van der Waals surface area contributed by atoms with E-state index in [9.17, 15) is 14.0 Å². The number of amides is 2. The van der Waals surface area contributed by atoms with Gasteiger partial charge in [0.05, 0.1) is 22.5 Å². The van der Waals surface area contributed by atoms with E-state index in [2.05, 4.69) is 25.6 Å². The van der Waals surface area contributed by atoms with Crippen molar-refractivity contribution in [3.05, 3.63) is 47.0 Å². The molecule has 2 amide bonds. The van der Waals surface area contributed by atoms with Crippen LogP contribution < -0.4 is 10.6 Å². The van der Waals surface area contributed by atoms with Crippen LogP contribution in [0.2, 0.25) is 0 Å². The van der Waals surface area contributed by atoms with Crippen molar-refractivity contribution in [1.29, 1.82) is 0 Å². The Morgan fingerprint density at radius 3 is 2.87 bits per heavy atom. The van der Waals surface area contributed by atoms with Gasteiger partial charge in [-0.15, -0.1) is 11.3 Å². The highest BCUT2D eigenvalue weighted by Crippen LogP contribution is 2.28. The molecule has 30 heavy (non-hydrogen) atoms. The normalized spacial score (nSPS) is 15.0. The molecule has 0 bridgehead atoms. The highest BCUT2D eigenvalue weighted by molar-refractivity contribution is 7.17. The van der Waals surface area contributed by atoms with E-state index >= 15 is 0 Å². The molecule has 8 nitrogen and oxygen atoms in total. The Kier molecular flexibility index (Phi) is 5.58. The molecule has 4 rings (SSSR count). The average molecular weight is 428 g/mol. The minimum Gasteiger partial charge on any atom is -0.356 e. The number of pyridine rings is 1. The second-order valence-corrected chi connectivity index (χ2v) is 8.26. The summed E-state index contributed by atoms with van der Waals surface area (Å²) >= 11 is 1.42. The molecule has 3 aromatic rings. The molecule has 0 spiro atoms. The van der Waals surface area contributed by atoms with Crippen LogP contribution in [0.4, 0.5) is 10.3 Å². The third kappa shape index (κ3) is 4.23. The van der Waals surface area contributed by atoms with Crippen molar-refractivity contribution < 1.29 is 14.0 Å². The third-order valence-corrected chi connectivity index (χ3v) is 5.87. The minimum atomic E-state index is -0.419. The van der Waals surface area contributed by atoms with Crippen LogP contribution >= 0.6 is 11.3 Å². The average Bonchev–Trinajstić information content (AvgIpc) is 3.14. The van der Waals surface area contributed by atoms with Crippen molar-refractivity contribution in [3.8, 4) is 0 Å². The van der Waals surface area contributed by atoms with E-state index in [1.54, 1.807) is 11.1 Å². The van der Waals surface area contributed by atoms with Gasteiger partial charge in [0, 0.05) is 38.7 Å². The maximum Gasteiger partial charge on any atom is 0.274 e. The lowest BCUT2D eigenvalue weighted by atomic mass is 9.99. The highest BCUT2D eigenvalue weighted by Gasteiger charge is 2.33. The Bertz CT molecular complexity index is 1100. The number of nitrogens with one attached hydrogen (secondary N) is 2. The molecule has 0 saturated carbocycles. The van der Waals surface area contributed by atoms with Crippen molar-refractivity contribution in [2.45, 2.75) is 19.9 Å². The predicted octanol–water partition coefficient (Wildman–Crippen LogP) is 2.61. The number of hydrogen-bond acceptors (Lipinski definition) is 7. The molecule has 1 unspecified atom stereocenters. The van der Waals surface area contributed by atoms with Crippen molar-refractivity contribution >= 4 is 39.3 Å². The summed E-state index contributed by atoms with van der Waals surface area (Å²) in [4.78, 5) is 38.6. The van der Waals surface area contributed by atoms with E-state index in [0.29, 0.717) is 42.4 Å². The first-order chi connectivity index (χ1) is 14.4. The summed E-state index contributed by atoms with van der Waals surface area (Å²) in [5, 5.41) is 7.79. The minimum absolute atomic E-state index is 0.0748. The standard InChI is InChI=1S/C20H21FN6O2S/c1-11(14-5-15(21)8-22-7-14)24-20-25-16-3-4-30-18(16)17(26-20)19(29)27-9-13(10-27)6-23-12(2)28/h3-5,7-8,11,13H,6,9-10H2,1-2H3,(H,23,28)(H,24,25,26). The lowest BCUT2D eigenvalue weighted by Crippen LogP contribution is -2.53. The molecule has 1 aliphatic rings. The molecule has 0 aliphatic carbocycles. The number of nitrogens with zero attached hydrogens (tertiary/aromatic N) is 4. The maximum atomic E-state index is 13.5. The van der Waals surface area contributed by atoms with Crippen molar-refractivity contribution in [2.75, 3.05) is 25.0 Å². The summed E-state index contributed by atoms with van der Waals surface area (Å²) in [7, 11) is 0. The molecule has 0 radical (unpaired) electrons. The van der Waals surface area contributed by atoms with Crippen LogP contribution in [0, 0.1) is 11.7 Å². The summed E-state index contributed by atoms with van der Waals surface area (Å²) in [6, 6.07) is 2.95. The summed E-state index contributed by atoms with van der Waals surface area (Å²) in [5.74, 6) is -0.105. The lowest BCUT2D eigenvalue weighted by Gasteiger charge is -2.39. The number of carbonyl (C=O) groups excluding carboxylic acids is 2. The Labute approximate surface area is 176 Å². The van der Waals surface area contributed by atoms with Gasteiger partial charge in [0.2, 0.25) is 11.9 Å². The van der Waals surface area contributed by atoms with E-state index in [4.69, 9.17) is 0 Å². The van der Waals surface area contributed by atoms with Crippen molar-refractivity contribution in [3.63, 3.8) is 0 Å². The molecule has 156 valence electrons. The number of anilines is 1. The number of fused-ring (bicyclic) bond motifs is 1. The highest BCUT2D eigenvalue weighted by atomic mass is 32.1. The van der Waals surface area contributed by atoms with Gasteiger partial charge in [0.15, 0.2) is 5.69 Å². The summed E-state index contributed by atoms with van der Waals surface area (Å²) in [6.07, 6.45) is 2.72.